The van der Waals surface area contributed by atoms with Crippen LogP contribution in [0.1, 0.15) is 17.8 Å². The van der Waals surface area contributed by atoms with E-state index in [-0.39, 0.29) is 0 Å². The van der Waals surface area contributed by atoms with E-state index in [0.29, 0.717) is 0 Å². The molecule has 0 bridgehead atoms. The van der Waals surface area contributed by atoms with Gasteiger partial charge in [0, 0.05) is 16.7 Å². The molecule has 3 rings (SSSR count). The van der Waals surface area contributed by atoms with E-state index >= 15 is 0 Å². The highest BCUT2D eigenvalue weighted by atomic mass is 79.9. The van der Waals surface area contributed by atoms with Crippen molar-refractivity contribution in [3.05, 3.63) is 34.1 Å². The molecule has 0 spiro atoms. The summed E-state index contributed by atoms with van der Waals surface area (Å²) in [6.45, 7) is 5.91. The molecule has 18 heavy (non-hydrogen) atoms. The van der Waals surface area contributed by atoms with Gasteiger partial charge >= 0.3 is 0 Å². The van der Waals surface area contributed by atoms with Gasteiger partial charge in [0.1, 0.15) is 11.6 Å². The Labute approximate surface area is 115 Å². The van der Waals surface area contributed by atoms with Crippen LogP contribution in [-0.4, -0.2) is 16.2 Å². The minimum Gasteiger partial charge on any atom is -0.493 e. The molecule has 0 radical (unpaired) electrons. The smallest absolute Gasteiger partial charge is 0.144 e. The van der Waals surface area contributed by atoms with Crippen molar-refractivity contribution in [2.24, 2.45) is 0 Å². The van der Waals surface area contributed by atoms with Gasteiger partial charge in [-0.2, -0.15) is 0 Å². The second kappa shape index (κ2) is 4.43. The van der Waals surface area contributed by atoms with Crippen LogP contribution in [0.3, 0.4) is 0 Å². The van der Waals surface area contributed by atoms with E-state index in [1.807, 2.05) is 12.1 Å². The molecule has 2 heterocycles. The van der Waals surface area contributed by atoms with Crippen molar-refractivity contribution in [3.63, 3.8) is 0 Å². The summed E-state index contributed by atoms with van der Waals surface area (Å²) in [4.78, 5) is 4.69. The second-order valence-electron chi connectivity index (χ2n) is 4.60. The zero-order valence-corrected chi connectivity index (χ0v) is 12.1. The minimum absolute atomic E-state index is 0.750. The Morgan fingerprint density at radius 1 is 1.33 bits per heavy atom. The van der Waals surface area contributed by atoms with E-state index in [1.165, 1.54) is 5.69 Å². The normalized spacial score (nSPS) is 14.2. The zero-order chi connectivity index (χ0) is 12.7. The largest absolute Gasteiger partial charge is 0.493 e. The molecule has 0 saturated heterocycles. The summed E-state index contributed by atoms with van der Waals surface area (Å²) in [5, 5.41) is 0. The van der Waals surface area contributed by atoms with Gasteiger partial charge in [0.15, 0.2) is 0 Å². The van der Waals surface area contributed by atoms with Gasteiger partial charge in [0.2, 0.25) is 0 Å². The van der Waals surface area contributed by atoms with Gasteiger partial charge in [0.25, 0.3) is 0 Å². The molecule has 1 aromatic carbocycles. The molecule has 0 saturated carbocycles. The van der Waals surface area contributed by atoms with Crippen LogP contribution in [0, 0.1) is 13.8 Å². The molecule has 94 valence electrons. The van der Waals surface area contributed by atoms with Gasteiger partial charge < -0.3 is 9.30 Å². The Bertz CT molecular complexity index is 604. The maximum Gasteiger partial charge on any atom is 0.144 e. The fourth-order valence-corrected chi connectivity index (χ4v) is 2.68. The maximum atomic E-state index is 5.83. The number of fused-ring (bicyclic) bond motifs is 3. The van der Waals surface area contributed by atoms with Gasteiger partial charge in [-0.3, -0.25) is 0 Å². The quantitative estimate of drug-likeness (QED) is 0.742. The summed E-state index contributed by atoms with van der Waals surface area (Å²) in [6.07, 6.45) is 1.01. The number of aryl methyl sites for hydroxylation is 1. The van der Waals surface area contributed by atoms with Crippen molar-refractivity contribution in [3.8, 4) is 17.1 Å². The molecule has 1 aliphatic heterocycles. The van der Waals surface area contributed by atoms with E-state index in [9.17, 15) is 0 Å². The van der Waals surface area contributed by atoms with Crippen LogP contribution in [0.5, 0.6) is 5.75 Å². The molecule has 0 amide bonds. The average molecular weight is 307 g/mol. The second-order valence-corrected chi connectivity index (χ2v) is 5.52. The Morgan fingerprint density at radius 3 is 3.00 bits per heavy atom. The highest BCUT2D eigenvalue weighted by molar-refractivity contribution is 9.10. The van der Waals surface area contributed by atoms with Crippen molar-refractivity contribution in [1.82, 2.24) is 9.55 Å². The Morgan fingerprint density at radius 2 is 2.17 bits per heavy atom. The number of halogens is 1. The molecule has 0 N–H and O–H groups in total. The molecule has 1 aromatic heterocycles. The van der Waals surface area contributed by atoms with Crippen molar-refractivity contribution < 1.29 is 4.74 Å². The van der Waals surface area contributed by atoms with Gasteiger partial charge in [-0.15, -0.1) is 0 Å². The van der Waals surface area contributed by atoms with Crippen LogP contribution in [0.25, 0.3) is 11.4 Å². The number of ether oxygens (including phenoxy) is 1. The first kappa shape index (κ1) is 11.8. The number of nitrogens with zero attached hydrogens (tertiary/aromatic N) is 2. The van der Waals surface area contributed by atoms with Gasteiger partial charge in [-0.1, -0.05) is 15.9 Å². The Hall–Kier alpha value is -1.29. The predicted molar refractivity (Wildman–Crippen MR) is 74.9 cm³/mol. The standard InChI is InChI=1S/C14H15BrN2O/c1-9-10(2)17-6-3-7-18-13-8-11(15)4-5-12(13)14(17)16-9/h4-5,8H,3,6-7H2,1-2H3. The lowest BCUT2D eigenvalue weighted by Crippen LogP contribution is -2.11. The van der Waals surface area contributed by atoms with Crippen molar-refractivity contribution in [1.29, 1.82) is 0 Å². The number of aromatic nitrogens is 2. The molecular weight excluding hydrogens is 292 g/mol. The first-order valence-corrected chi connectivity index (χ1v) is 6.92. The van der Waals surface area contributed by atoms with Crippen LogP contribution < -0.4 is 4.74 Å². The molecule has 0 atom stereocenters. The molecule has 0 aliphatic carbocycles. The SMILES string of the molecule is Cc1nc2n(c1C)CCCOc1cc(Br)ccc1-2. The summed E-state index contributed by atoms with van der Waals surface area (Å²) in [7, 11) is 0. The monoisotopic (exact) mass is 306 g/mol. The predicted octanol–water partition coefficient (Wildman–Crippen LogP) is 3.71. The number of hydrogen-bond acceptors (Lipinski definition) is 2. The van der Waals surface area contributed by atoms with Crippen molar-refractivity contribution in [2.45, 2.75) is 26.8 Å². The average Bonchev–Trinajstić information content (AvgIpc) is 2.59. The number of hydrogen-bond donors (Lipinski definition) is 0. The Balaban J connectivity index is 2.25. The fourth-order valence-electron chi connectivity index (χ4n) is 2.34. The summed E-state index contributed by atoms with van der Waals surface area (Å²) in [5.41, 5.74) is 3.43. The third-order valence-corrected chi connectivity index (χ3v) is 3.92. The van der Waals surface area contributed by atoms with Crippen molar-refractivity contribution >= 4 is 15.9 Å². The summed E-state index contributed by atoms with van der Waals surface area (Å²) < 4.78 is 9.16. The Kier molecular flexibility index (Phi) is 2.90. The third kappa shape index (κ3) is 1.85. The lowest BCUT2D eigenvalue weighted by atomic mass is 10.1. The molecule has 0 unspecified atom stereocenters. The van der Waals surface area contributed by atoms with Gasteiger partial charge in [0.05, 0.1) is 17.9 Å². The number of benzene rings is 1. The zero-order valence-electron chi connectivity index (χ0n) is 10.5. The molecule has 0 fully saturated rings. The first-order valence-electron chi connectivity index (χ1n) is 6.13. The molecule has 3 nitrogen and oxygen atoms in total. The van der Waals surface area contributed by atoms with Crippen molar-refractivity contribution in [2.75, 3.05) is 6.61 Å². The highest BCUT2D eigenvalue weighted by Gasteiger charge is 2.18. The minimum atomic E-state index is 0.750. The van der Waals surface area contributed by atoms with E-state index in [1.54, 1.807) is 0 Å². The van der Waals surface area contributed by atoms with E-state index in [0.717, 1.165) is 46.9 Å². The molecular formula is C14H15BrN2O. The maximum absolute atomic E-state index is 5.83. The lowest BCUT2D eigenvalue weighted by molar-refractivity contribution is 0.298. The summed E-state index contributed by atoms with van der Waals surface area (Å²) in [5.74, 6) is 1.93. The van der Waals surface area contributed by atoms with Gasteiger partial charge in [-0.05, 0) is 38.5 Å². The first-order chi connectivity index (χ1) is 8.66. The van der Waals surface area contributed by atoms with E-state index in [2.05, 4.69) is 40.4 Å². The van der Waals surface area contributed by atoms with Crippen LogP contribution in [0.2, 0.25) is 0 Å². The van der Waals surface area contributed by atoms with Crippen LogP contribution in [0.4, 0.5) is 0 Å². The fraction of sp³-hybridized carbons (Fsp3) is 0.357. The van der Waals surface area contributed by atoms with Crippen LogP contribution >= 0.6 is 15.9 Å². The van der Waals surface area contributed by atoms with E-state index in [4.69, 9.17) is 9.72 Å². The van der Waals surface area contributed by atoms with E-state index < -0.39 is 0 Å². The summed E-state index contributed by atoms with van der Waals surface area (Å²) in [6, 6.07) is 6.13. The highest BCUT2D eigenvalue weighted by Crippen LogP contribution is 2.34. The summed E-state index contributed by atoms with van der Waals surface area (Å²) >= 11 is 3.49. The number of rotatable bonds is 0. The van der Waals surface area contributed by atoms with Crippen LogP contribution in [0.15, 0.2) is 22.7 Å². The molecule has 1 aliphatic rings. The number of imidazole rings is 1. The third-order valence-electron chi connectivity index (χ3n) is 3.43. The van der Waals surface area contributed by atoms with Gasteiger partial charge in [-0.25, -0.2) is 4.98 Å². The molecule has 4 heteroatoms. The van der Waals surface area contributed by atoms with Crippen LogP contribution in [-0.2, 0) is 6.54 Å². The lowest BCUT2D eigenvalue weighted by Gasteiger charge is -2.18. The topological polar surface area (TPSA) is 27.1 Å². The molecule has 2 aromatic rings.